The van der Waals surface area contributed by atoms with E-state index >= 15 is 0 Å². The van der Waals surface area contributed by atoms with Gasteiger partial charge in [0, 0.05) is 6.20 Å². The molecule has 2 aromatic heterocycles. The lowest BCUT2D eigenvalue weighted by Gasteiger charge is -2.19. The van der Waals surface area contributed by atoms with Gasteiger partial charge in [0.1, 0.15) is 15.4 Å². The van der Waals surface area contributed by atoms with Crippen molar-refractivity contribution in [3.63, 3.8) is 0 Å². The molecule has 0 saturated carbocycles. The smallest absolute Gasteiger partial charge is 0.370 e. The van der Waals surface area contributed by atoms with Gasteiger partial charge in [-0.1, -0.05) is 41.7 Å². The average Bonchev–Trinajstić information content (AvgIpc) is 2.96. The third-order valence-electron chi connectivity index (χ3n) is 3.35. The molecule has 0 atom stereocenters. The van der Waals surface area contributed by atoms with Crippen molar-refractivity contribution in [1.82, 2.24) is 9.97 Å². The van der Waals surface area contributed by atoms with Gasteiger partial charge in [-0.25, -0.2) is 9.97 Å². The Morgan fingerprint density at radius 1 is 1.00 bits per heavy atom. The second-order valence-corrected chi connectivity index (χ2v) is 6.27. The number of thiazole rings is 1. The summed E-state index contributed by atoms with van der Waals surface area (Å²) in [5, 5.41) is 0.450. The van der Waals surface area contributed by atoms with Crippen LogP contribution in [0, 0.1) is 0 Å². The Labute approximate surface area is 143 Å². The van der Waals surface area contributed by atoms with Crippen LogP contribution in [-0.2, 0) is 23.9 Å². The fourth-order valence-corrected chi connectivity index (χ4v) is 2.92. The third kappa shape index (κ3) is 3.77. The Hall–Kier alpha value is -2.13. The van der Waals surface area contributed by atoms with Crippen LogP contribution >= 0.6 is 11.3 Å². The molecule has 0 radical (unpaired) electrons. The number of nitrogens with zero attached hydrogens (tertiary/aromatic N) is 2. The van der Waals surface area contributed by atoms with Crippen molar-refractivity contribution in [2.45, 2.75) is 25.3 Å². The lowest BCUT2D eigenvalue weighted by molar-refractivity contribution is -0.289. The van der Waals surface area contributed by atoms with Gasteiger partial charge in [-0.05, 0) is 11.6 Å². The van der Waals surface area contributed by atoms with Crippen LogP contribution < -0.4 is 0 Å². The highest BCUT2D eigenvalue weighted by Gasteiger charge is 2.59. The van der Waals surface area contributed by atoms with Crippen molar-refractivity contribution in [2.24, 2.45) is 0 Å². The maximum Gasteiger partial charge on any atom is 0.458 e. The van der Waals surface area contributed by atoms with Crippen molar-refractivity contribution in [2.75, 3.05) is 0 Å². The molecule has 0 amide bonds. The molecule has 0 aliphatic rings. The summed E-state index contributed by atoms with van der Waals surface area (Å²) < 4.78 is 69.5. The highest BCUT2D eigenvalue weighted by Crippen LogP contribution is 2.44. The zero-order valence-electron chi connectivity index (χ0n) is 12.6. The van der Waals surface area contributed by atoms with Crippen LogP contribution in [0.5, 0.6) is 0 Å². The fourth-order valence-electron chi connectivity index (χ4n) is 2.10. The molecule has 2 heterocycles. The largest absolute Gasteiger partial charge is 0.458 e. The molecule has 3 aromatic rings. The predicted octanol–water partition coefficient (Wildman–Crippen LogP) is 5.06. The fraction of sp³-hybridized carbons (Fsp3) is 0.250. The van der Waals surface area contributed by atoms with E-state index in [1.807, 2.05) is 30.3 Å². The number of ether oxygens (including phenoxy) is 1. The highest BCUT2D eigenvalue weighted by molar-refractivity contribution is 7.18. The molecular formula is C16H11F5N2OS. The molecule has 132 valence electrons. The zero-order chi connectivity index (χ0) is 18.1. The van der Waals surface area contributed by atoms with E-state index in [1.165, 1.54) is 0 Å². The van der Waals surface area contributed by atoms with E-state index < -0.39 is 17.7 Å². The van der Waals surface area contributed by atoms with E-state index in [1.54, 1.807) is 0 Å². The monoisotopic (exact) mass is 374 g/mol. The van der Waals surface area contributed by atoms with Gasteiger partial charge in [-0.3, -0.25) is 0 Å². The van der Waals surface area contributed by atoms with Crippen molar-refractivity contribution in [1.29, 1.82) is 0 Å². The lowest BCUT2D eigenvalue weighted by Crippen LogP contribution is -2.33. The normalized spacial score (nSPS) is 12.7. The van der Waals surface area contributed by atoms with Crippen LogP contribution in [0.4, 0.5) is 22.0 Å². The second kappa shape index (κ2) is 6.64. The van der Waals surface area contributed by atoms with Gasteiger partial charge < -0.3 is 4.74 Å². The van der Waals surface area contributed by atoms with Crippen molar-refractivity contribution in [3.05, 3.63) is 58.7 Å². The summed E-state index contributed by atoms with van der Waals surface area (Å²) in [5.41, 5.74) is -0.284. The first-order valence-corrected chi connectivity index (χ1v) is 7.91. The predicted molar refractivity (Wildman–Crippen MR) is 82.3 cm³/mol. The van der Waals surface area contributed by atoms with E-state index in [9.17, 15) is 22.0 Å². The first-order valence-electron chi connectivity index (χ1n) is 7.09. The molecule has 1 aromatic carbocycles. The van der Waals surface area contributed by atoms with Gasteiger partial charge in [0.25, 0.3) is 0 Å². The van der Waals surface area contributed by atoms with Gasteiger partial charge in [0.2, 0.25) is 0 Å². The van der Waals surface area contributed by atoms with Crippen LogP contribution in [0.2, 0.25) is 0 Å². The summed E-state index contributed by atoms with van der Waals surface area (Å²) in [6.07, 6.45) is -5.15. The number of pyridine rings is 1. The summed E-state index contributed by atoms with van der Waals surface area (Å²) in [6.45, 7) is 0.447. The van der Waals surface area contributed by atoms with Crippen LogP contribution in [0.25, 0.3) is 10.3 Å². The number of hydrogen-bond donors (Lipinski definition) is 0. The quantitative estimate of drug-likeness (QED) is 0.586. The minimum Gasteiger partial charge on any atom is -0.370 e. The number of hydrogen-bond acceptors (Lipinski definition) is 4. The van der Waals surface area contributed by atoms with Gasteiger partial charge in [0.05, 0.1) is 18.8 Å². The topological polar surface area (TPSA) is 35.0 Å². The van der Waals surface area contributed by atoms with E-state index in [2.05, 4.69) is 9.97 Å². The lowest BCUT2D eigenvalue weighted by atomic mass is 10.1. The standard InChI is InChI=1S/C16H11F5N2OS/c17-15(18,16(19,20)21)11-6-12-14(22-7-11)25-13(23-12)9-24-8-10-4-2-1-3-5-10/h1-7H,8-9H2. The molecule has 0 fully saturated rings. The van der Waals surface area contributed by atoms with E-state index in [0.29, 0.717) is 23.9 Å². The summed E-state index contributed by atoms with van der Waals surface area (Å²) in [7, 11) is 0. The van der Waals surface area contributed by atoms with E-state index in [0.717, 1.165) is 16.9 Å². The van der Waals surface area contributed by atoms with Crippen LogP contribution in [0.3, 0.4) is 0 Å². The van der Waals surface area contributed by atoms with Crippen LogP contribution in [0.15, 0.2) is 42.6 Å². The zero-order valence-corrected chi connectivity index (χ0v) is 13.4. The van der Waals surface area contributed by atoms with E-state index in [-0.39, 0.29) is 17.0 Å². The van der Waals surface area contributed by atoms with E-state index in [4.69, 9.17) is 4.74 Å². The van der Waals surface area contributed by atoms with Gasteiger partial charge >= 0.3 is 12.1 Å². The van der Waals surface area contributed by atoms with Gasteiger partial charge in [-0.2, -0.15) is 22.0 Å². The second-order valence-electron chi connectivity index (χ2n) is 5.21. The molecule has 3 nitrogen and oxygen atoms in total. The Kier molecular flexibility index (Phi) is 4.70. The Morgan fingerprint density at radius 2 is 1.72 bits per heavy atom. The van der Waals surface area contributed by atoms with Crippen LogP contribution in [0.1, 0.15) is 16.1 Å². The van der Waals surface area contributed by atoms with Crippen LogP contribution in [-0.4, -0.2) is 16.1 Å². The molecule has 25 heavy (non-hydrogen) atoms. The summed E-state index contributed by atoms with van der Waals surface area (Å²) >= 11 is 1.09. The summed E-state index contributed by atoms with van der Waals surface area (Å²) in [4.78, 5) is 7.98. The third-order valence-corrected chi connectivity index (χ3v) is 4.30. The maximum absolute atomic E-state index is 13.4. The Balaban J connectivity index is 1.74. The number of rotatable bonds is 5. The molecule has 0 aliphatic carbocycles. The molecule has 0 bridgehead atoms. The van der Waals surface area contributed by atoms with Crippen molar-refractivity contribution >= 4 is 21.7 Å². The highest BCUT2D eigenvalue weighted by atomic mass is 32.1. The minimum atomic E-state index is -5.68. The van der Waals surface area contributed by atoms with Gasteiger partial charge in [-0.15, -0.1) is 0 Å². The molecule has 9 heteroatoms. The first kappa shape index (κ1) is 17.7. The molecular weight excluding hydrogens is 363 g/mol. The number of alkyl halides is 5. The molecule has 0 N–H and O–H groups in total. The first-order chi connectivity index (χ1) is 11.8. The number of aromatic nitrogens is 2. The van der Waals surface area contributed by atoms with Crippen molar-refractivity contribution < 1.29 is 26.7 Å². The van der Waals surface area contributed by atoms with Crippen molar-refractivity contribution in [3.8, 4) is 0 Å². The summed E-state index contributed by atoms with van der Waals surface area (Å²) in [5.74, 6) is -4.97. The molecule has 0 spiro atoms. The Morgan fingerprint density at radius 3 is 2.40 bits per heavy atom. The number of halogens is 5. The minimum absolute atomic E-state index is 0.00950. The molecule has 0 saturated heterocycles. The molecule has 3 rings (SSSR count). The number of benzene rings is 1. The van der Waals surface area contributed by atoms with Gasteiger partial charge in [0.15, 0.2) is 0 Å². The average molecular weight is 374 g/mol. The Bertz CT molecular complexity index is 864. The number of fused-ring (bicyclic) bond motifs is 1. The maximum atomic E-state index is 13.4. The summed E-state index contributed by atoms with van der Waals surface area (Å²) in [6, 6.07) is 10.1. The molecule has 0 unspecified atom stereocenters. The SMILES string of the molecule is FC(F)(F)C(F)(F)c1cnc2sc(COCc3ccccc3)nc2c1. The molecule has 0 aliphatic heterocycles.